The Kier molecular flexibility index (Phi) is 5.12. The van der Waals surface area contributed by atoms with Gasteiger partial charge in [0.25, 0.3) is 0 Å². The normalized spacial score (nSPS) is 10.8. The molecule has 0 aliphatic carbocycles. The number of nitrogens with two attached hydrogens (primary N) is 1. The van der Waals surface area contributed by atoms with Crippen LogP contribution in [0.15, 0.2) is 36.5 Å². The van der Waals surface area contributed by atoms with E-state index >= 15 is 0 Å². The highest BCUT2D eigenvalue weighted by molar-refractivity contribution is 5.35. The number of rotatable bonds is 7. The molecular formula is C15H22N4. The van der Waals surface area contributed by atoms with E-state index in [-0.39, 0.29) is 0 Å². The van der Waals surface area contributed by atoms with Gasteiger partial charge in [-0.1, -0.05) is 18.2 Å². The number of hydrogen-bond donors (Lipinski definition) is 2. The summed E-state index contributed by atoms with van der Waals surface area (Å²) in [5.74, 6) is 1.02. The van der Waals surface area contributed by atoms with Crippen molar-refractivity contribution in [3.05, 3.63) is 48.0 Å². The Balaban J connectivity index is 2.02. The molecule has 1 heterocycles. The molecule has 3 N–H and O–H groups in total. The Bertz CT molecular complexity index is 490. The lowest BCUT2D eigenvalue weighted by Gasteiger charge is -2.11. The molecule has 0 aliphatic rings. The minimum atomic E-state index is 0.767. The van der Waals surface area contributed by atoms with E-state index in [1.165, 1.54) is 5.69 Å². The molecule has 4 nitrogen and oxygen atoms in total. The zero-order chi connectivity index (χ0) is 13.5. The van der Waals surface area contributed by atoms with Crippen molar-refractivity contribution in [1.29, 1.82) is 0 Å². The fourth-order valence-electron chi connectivity index (χ4n) is 2.16. The van der Waals surface area contributed by atoms with Gasteiger partial charge in [-0.25, -0.2) is 4.98 Å². The lowest BCUT2D eigenvalue weighted by Crippen LogP contribution is -2.18. The van der Waals surface area contributed by atoms with Gasteiger partial charge in [0.15, 0.2) is 0 Å². The van der Waals surface area contributed by atoms with Gasteiger partial charge in [0.2, 0.25) is 0 Å². The van der Waals surface area contributed by atoms with Gasteiger partial charge in [0, 0.05) is 12.2 Å². The van der Waals surface area contributed by atoms with E-state index in [1.54, 1.807) is 0 Å². The number of nitrogens with one attached hydrogen (secondary N) is 1. The second-order valence-electron chi connectivity index (χ2n) is 4.64. The van der Waals surface area contributed by atoms with Crippen molar-refractivity contribution in [2.45, 2.75) is 26.3 Å². The van der Waals surface area contributed by atoms with Crippen LogP contribution in [0.3, 0.4) is 0 Å². The highest BCUT2D eigenvalue weighted by Crippen LogP contribution is 2.14. The predicted molar refractivity (Wildman–Crippen MR) is 78.3 cm³/mol. The zero-order valence-corrected chi connectivity index (χ0v) is 11.5. The molecule has 2 aromatic rings. The van der Waals surface area contributed by atoms with Crippen molar-refractivity contribution in [3.8, 4) is 5.69 Å². The molecule has 102 valence electrons. The maximum atomic E-state index is 5.48. The maximum absolute atomic E-state index is 5.48. The Morgan fingerprint density at radius 1 is 1.21 bits per heavy atom. The number of aromatic nitrogens is 2. The monoisotopic (exact) mass is 258 g/mol. The average molecular weight is 258 g/mol. The number of hydrogen-bond acceptors (Lipinski definition) is 3. The molecule has 4 heteroatoms. The minimum absolute atomic E-state index is 0.767. The van der Waals surface area contributed by atoms with Crippen LogP contribution >= 0.6 is 0 Å². The van der Waals surface area contributed by atoms with E-state index in [0.29, 0.717) is 0 Å². The molecule has 1 aromatic carbocycles. The quantitative estimate of drug-likeness (QED) is 0.747. The number of unbranched alkanes of at least 4 members (excludes halogenated alkanes) is 1. The molecular weight excluding hydrogens is 236 g/mol. The third-order valence-electron chi connectivity index (χ3n) is 3.14. The highest BCUT2D eigenvalue weighted by atomic mass is 15.1. The van der Waals surface area contributed by atoms with Gasteiger partial charge in [-0.2, -0.15) is 0 Å². The molecule has 0 saturated carbocycles. The summed E-state index contributed by atoms with van der Waals surface area (Å²) in [4.78, 5) is 4.41. The van der Waals surface area contributed by atoms with Crippen LogP contribution in [0, 0.1) is 6.92 Å². The van der Waals surface area contributed by atoms with Crippen LogP contribution in [-0.4, -0.2) is 22.6 Å². The van der Waals surface area contributed by atoms with Crippen LogP contribution in [0.5, 0.6) is 0 Å². The van der Waals surface area contributed by atoms with E-state index in [1.807, 2.05) is 31.3 Å². The highest BCUT2D eigenvalue weighted by Gasteiger charge is 2.07. The zero-order valence-electron chi connectivity index (χ0n) is 11.5. The molecule has 0 unspecified atom stereocenters. The fourth-order valence-corrected chi connectivity index (χ4v) is 2.16. The molecule has 1 aromatic heterocycles. The number of benzene rings is 1. The molecule has 19 heavy (non-hydrogen) atoms. The van der Waals surface area contributed by atoms with Crippen LogP contribution in [-0.2, 0) is 6.54 Å². The number of nitrogens with zero attached hydrogens (tertiary/aromatic N) is 2. The Hall–Kier alpha value is -1.65. The molecule has 0 spiro atoms. The first-order valence-electron chi connectivity index (χ1n) is 6.82. The summed E-state index contributed by atoms with van der Waals surface area (Å²) in [5.41, 5.74) is 7.84. The first-order valence-corrected chi connectivity index (χ1v) is 6.82. The maximum Gasteiger partial charge on any atom is 0.110 e. The number of aryl methyl sites for hydroxylation is 1. The summed E-state index contributed by atoms with van der Waals surface area (Å²) in [5, 5.41) is 3.44. The molecule has 0 fully saturated rings. The summed E-state index contributed by atoms with van der Waals surface area (Å²) in [7, 11) is 0. The third-order valence-corrected chi connectivity index (χ3v) is 3.14. The predicted octanol–water partition coefficient (Wildman–Crippen LogP) is 2.01. The van der Waals surface area contributed by atoms with Crippen LogP contribution in [0.25, 0.3) is 5.69 Å². The van der Waals surface area contributed by atoms with Gasteiger partial charge in [-0.3, -0.25) is 4.57 Å². The molecule has 0 atom stereocenters. The van der Waals surface area contributed by atoms with Crippen LogP contribution in [0.2, 0.25) is 0 Å². The van der Waals surface area contributed by atoms with Crippen LogP contribution in [0.4, 0.5) is 0 Å². The SMILES string of the molecule is Cc1ncc(CNCCCCN)n1-c1ccccc1. The number of imidazole rings is 1. The second-order valence-corrected chi connectivity index (χ2v) is 4.64. The largest absolute Gasteiger partial charge is 0.330 e. The van der Waals surface area contributed by atoms with Crippen LogP contribution in [0.1, 0.15) is 24.4 Å². The lowest BCUT2D eigenvalue weighted by molar-refractivity contribution is 0.615. The Labute approximate surface area is 114 Å². The summed E-state index contributed by atoms with van der Waals surface area (Å²) in [6.45, 7) is 4.63. The molecule has 0 aliphatic heterocycles. The van der Waals surface area contributed by atoms with Crippen molar-refractivity contribution >= 4 is 0 Å². The van der Waals surface area contributed by atoms with E-state index in [9.17, 15) is 0 Å². The summed E-state index contributed by atoms with van der Waals surface area (Å²) in [6, 6.07) is 10.3. The Morgan fingerprint density at radius 2 is 2.00 bits per heavy atom. The van der Waals surface area contributed by atoms with Gasteiger partial charge in [-0.15, -0.1) is 0 Å². The van der Waals surface area contributed by atoms with E-state index in [4.69, 9.17) is 5.73 Å². The van der Waals surface area contributed by atoms with Crippen molar-refractivity contribution in [2.24, 2.45) is 5.73 Å². The van der Waals surface area contributed by atoms with Gasteiger partial charge in [0.1, 0.15) is 5.82 Å². The fraction of sp³-hybridized carbons (Fsp3) is 0.400. The molecule has 0 bridgehead atoms. The molecule has 2 rings (SSSR count). The molecule has 0 radical (unpaired) electrons. The average Bonchev–Trinajstić information content (AvgIpc) is 2.81. The Morgan fingerprint density at radius 3 is 2.74 bits per heavy atom. The summed E-state index contributed by atoms with van der Waals surface area (Å²) < 4.78 is 2.19. The minimum Gasteiger partial charge on any atom is -0.330 e. The molecule has 0 saturated heterocycles. The lowest BCUT2D eigenvalue weighted by atomic mass is 10.3. The van der Waals surface area contributed by atoms with Gasteiger partial charge >= 0.3 is 0 Å². The standard InChI is InChI=1S/C15H22N4/c1-13-18-12-15(11-17-10-6-5-9-16)19(13)14-7-3-2-4-8-14/h2-4,7-8,12,17H,5-6,9-11,16H2,1H3. The van der Waals surface area contributed by atoms with E-state index < -0.39 is 0 Å². The summed E-state index contributed by atoms with van der Waals surface area (Å²) in [6.07, 6.45) is 4.14. The van der Waals surface area contributed by atoms with Gasteiger partial charge < -0.3 is 11.1 Å². The molecule has 0 amide bonds. The van der Waals surface area contributed by atoms with Crippen molar-refractivity contribution < 1.29 is 0 Å². The van der Waals surface area contributed by atoms with Gasteiger partial charge in [-0.05, 0) is 45.0 Å². The van der Waals surface area contributed by atoms with Crippen molar-refractivity contribution in [1.82, 2.24) is 14.9 Å². The third kappa shape index (κ3) is 3.66. The van der Waals surface area contributed by atoms with Gasteiger partial charge in [0.05, 0.1) is 11.9 Å². The number of para-hydroxylation sites is 1. The summed E-state index contributed by atoms with van der Waals surface area (Å²) >= 11 is 0. The first kappa shape index (κ1) is 13.8. The second kappa shape index (κ2) is 7.07. The first-order chi connectivity index (χ1) is 9.33. The van der Waals surface area contributed by atoms with Crippen LogP contribution < -0.4 is 11.1 Å². The van der Waals surface area contributed by atoms with E-state index in [0.717, 1.165) is 44.0 Å². The van der Waals surface area contributed by atoms with E-state index in [2.05, 4.69) is 27.0 Å². The topological polar surface area (TPSA) is 55.9 Å². The smallest absolute Gasteiger partial charge is 0.110 e. The van der Waals surface area contributed by atoms with Crippen molar-refractivity contribution in [3.63, 3.8) is 0 Å². The van der Waals surface area contributed by atoms with Crippen molar-refractivity contribution in [2.75, 3.05) is 13.1 Å².